The fourth-order valence-electron chi connectivity index (χ4n) is 1.23. The summed E-state index contributed by atoms with van der Waals surface area (Å²) in [5.74, 6) is 0. The van der Waals surface area contributed by atoms with E-state index < -0.39 is 0 Å². The Kier molecular flexibility index (Phi) is 4.17. The number of hydrogen-bond acceptors (Lipinski definition) is 2. The van der Waals surface area contributed by atoms with Gasteiger partial charge in [0.1, 0.15) is 0 Å². The highest BCUT2D eigenvalue weighted by Gasteiger charge is 2.13. The fourth-order valence-corrected chi connectivity index (χ4v) is 2.60. The molecule has 1 aromatic heterocycles. The van der Waals surface area contributed by atoms with Crippen molar-refractivity contribution in [3.8, 4) is 0 Å². The van der Waals surface area contributed by atoms with E-state index in [9.17, 15) is 0 Å². The lowest BCUT2D eigenvalue weighted by Gasteiger charge is -2.10. The third-order valence-corrected chi connectivity index (χ3v) is 3.99. The summed E-state index contributed by atoms with van der Waals surface area (Å²) in [5, 5.41) is 2.89. The van der Waals surface area contributed by atoms with Gasteiger partial charge < -0.3 is 5.73 Å². The van der Waals surface area contributed by atoms with Crippen LogP contribution in [0.5, 0.6) is 0 Å². The molecule has 1 nitrogen and oxygen atoms in total. The molecule has 1 unspecified atom stereocenters. The van der Waals surface area contributed by atoms with E-state index in [4.69, 9.17) is 17.3 Å². The third kappa shape index (κ3) is 2.84. The van der Waals surface area contributed by atoms with Crippen molar-refractivity contribution in [3.63, 3.8) is 0 Å². The fraction of sp³-hybridized carbons (Fsp3) is 0.455. The number of aryl methyl sites for hydroxylation is 1. The van der Waals surface area contributed by atoms with Gasteiger partial charge in [-0.1, -0.05) is 17.2 Å². The van der Waals surface area contributed by atoms with Gasteiger partial charge in [0.15, 0.2) is 0 Å². The van der Waals surface area contributed by atoms with Gasteiger partial charge in [-0.15, -0.1) is 17.9 Å². The van der Waals surface area contributed by atoms with Gasteiger partial charge in [0, 0.05) is 10.9 Å². The Balaban J connectivity index is 2.65. The van der Waals surface area contributed by atoms with Gasteiger partial charge in [0.05, 0.1) is 5.02 Å². The SMILES string of the molecule is C=C(C)CCC(N)c1scc(C)c1Cl. The highest BCUT2D eigenvalue weighted by atomic mass is 35.5. The maximum atomic E-state index is 6.13. The van der Waals surface area contributed by atoms with Gasteiger partial charge in [-0.3, -0.25) is 0 Å². The summed E-state index contributed by atoms with van der Waals surface area (Å²) in [6, 6.07) is 0.0536. The van der Waals surface area contributed by atoms with E-state index >= 15 is 0 Å². The van der Waals surface area contributed by atoms with E-state index in [1.165, 1.54) is 5.57 Å². The number of hydrogen-bond donors (Lipinski definition) is 1. The Morgan fingerprint density at radius 3 is 2.79 bits per heavy atom. The molecule has 1 aromatic rings. The van der Waals surface area contributed by atoms with Crippen LogP contribution in [-0.2, 0) is 0 Å². The highest BCUT2D eigenvalue weighted by molar-refractivity contribution is 7.10. The van der Waals surface area contributed by atoms with E-state index in [0.29, 0.717) is 0 Å². The number of rotatable bonds is 4. The molecular weight excluding hydrogens is 214 g/mol. The first kappa shape index (κ1) is 11.8. The molecule has 0 fully saturated rings. The Labute approximate surface area is 94.6 Å². The summed E-state index contributed by atoms with van der Waals surface area (Å²) >= 11 is 7.78. The maximum absolute atomic E-state index is 6.13. The van der Waals surface area contributed by atoms with Crippen molar-refractivity contribution in [1.29, 1.82) is 0 Å². The van der Waals surface area contributed by atoms with Crippen LogP contribution in [0.2, 0.25) is 5.02 Å². The largest absolute Gasteiger partial charge is 0.323 e. The minimum atomic E-state index is 0.0536. The zero-order valence-electron chi connectivity index (χ0n) is 8.64. The lowest BCUT2D eigenvalue weighted by atomic mass is 10.1. The van der Waals surface area contributed by atoms with Crippen molar-refractivity contribution in [3.05, 3.63) is 33.0 Å². The molecule has 0 aromatic carbocycles. The predicted molar refractivity (Wildman–Crippen MR) is 65.0 cm³/mol. The van der Waals surface area contributed by atoms with Crippen LogP contribution >= 0.6 is 22.9 Å². The lowest BCUT2D eigenvalue weighted by Crippen LogP contribution is -2.08. The van der Waals surface area contributed by atoms with E-state index in [1.54, 1.807) is 11.3 Å². The van der Waals surface area contributed by atoms with Gasteiger partial charge in [0.2, 0.25) is 0 Å². The average Bonchev–Trinajstić information content (AvgIpc) is 2.44. The number of allylic oxidation sites excluding steroid dienone is 1. The van der Waals surface area contributed by atoms with Gasteiger partial charge in [-0.25, -0.2) is 0 Å². The summed E-state index contributed by atoms with van der Waals surface area (Å²) in [6.45, 7) is 7.89. The van der Waals surface area contributed by atoms with Gasteiger partial charge in [-0.05, 0) is 37.6 Å². The summed E-state index contributed by atoms with van der Waals surface area (Å²) < 4.78 is 0. The lowest BCUT2D eigenvalue weighted by molar-refractivity contribution is 0.659. The summed E-state index contributed by atoms with van der Waals surface area (Å²) in [6.07, 6.45) is 1.89. The second-order valence-corrected chi connectivity index (χ2v) is 4.99. The maximum Gasteiger partial charge on any atom is 0.0590 e. The highest BCUT2D eigenvalue weighted by Crippen LogP contribution is 2.33. The second kappa shape index (κ2) is 4.96. The van der Waals surface area contributed by atoms with Crippen LogP contribution in [0.4, 0.5) is 0 Å². The third-order valence-electron chi connectivity index (χ3n) is 2.14. The molecule has 0 spiro atoms. The summed E-state index contributed by atoms with van der Waals surface area (Å²) in [5.41, 5.74) is 8.34. The van der Waals surface area contributed by atoms with Crippen LogP contribution < -0.4 is 5.73 Å². The molecule has 0 aliphatic rings. The molecule has 0 radical (unpaired) electrons. The monoisotopic (exact) mass is 229 g/mol. The molecule has 14 heavy (non-hydrogen) atoms. The van der Waals surface area contributed by atoms with Crippen LogP contribution in [-0.4, -0.2) is 0 Å². The number of nitrogens with two attached hydrogens (primary N) is 1. The Morgan fingerprint density at radius 2 is 2.36 bits per heavy atom. The quantitative estimate of drug-likeness (QED) is 0.774. The smallest absolute Gasteiger partial charge is 0.0590 e. The molecule has 0 saturated heterocycles. The standard InChI is InChI=1S/C11H16ClNS/c1-7(2)4-5-9(13)11-10(12)8(3)6-14-11/h6,9H,1,4-5,13H2,2-3H3. The molecule has 78 valence electrons. The molecule has 0 amide bonds. The van der Waals surface area contributed by atoms with Crippen molar-refractivity contribution >= 4 is 22.9 Å². The Hall–Kier alpha value is -0.310. The topological polar surface area (TPSA) is 26.0 Å². The van der Waals surface area contributed by atoms with Gasteiger partial charge >= 0.3 is 0 Å². The molecule has 0 aliphatic carbocycles. The van der Waals surface area contributed by atoms with E-state index in [0.717, 1.165) is 28.3 Å². The second-order valence-electron chi connectivity index (χ2n) is 3.70. The molecule has 2 N–H and O–H groups in total. The Morgan fingerprint density at radius 1 is 1.71 bits per heavy atom. The summed E-state index contributed by atoms with van der Waals surface area (Å²) in [4.78, 5) is 1.10. The van der Waals surface area contributed by atoms with Crippen LogP contribution in [0.25, 0.3) is 0 Å². The average molecular weight is 230 g/mol. The molecule has 0 aliphatic heterocycles. The van der Waals surface area contributed by atoms with Gasteiger partial charge in [-0.2, -0.15) is 0 Å². The zero-order chi connectivity index (χ0) is 10.7. The van der Waals surface area contributed by atoms with Crippen molar-refractivity contribution in [2.45, 2.75) is 32.7 Å². The van der Waals surface area contributed by atoms with Crippen LogP contribution in [0.15, 0.2) is 17.5 Å². The van der Waals surface area contributed by atoms with Crippen LogP contribution in [0.1, 0.15) is 36.2 Å². The number of halogens is 1. The first-order valence-corrected chi connectivity index (χ1v) is 5.91. The molecule has 3 heteroatoms. The molecule has 0 bridgehead atoms. The first-order chi connectivity index (χ1) is 6.52. The molecule has 1 heterocycles. The van der Waals surface area contributed by atoms with Crippen molar-refractivity contribution in [1.82, 2.24) is 0 Å². The van der Waals surface area contributed by atoms with Crippen LogP contribution in [0, 0.1) is 6.92 Å². The first-order valence-electron chi connectivity index (χ1n) is 4.65. The zero-order valence-corrected chi connectivity index (χ0v) is 10.2. The minimum Gasteiger partial charge on any atom is -0.323 e. The molecule has 1 atom stereocenters. The predicted octanol–water partition coefficient (Wildman–Crippen LogP) is 4.07. The van der Waals surface area contributed by atoms with Crippen molar-refractivity contribution < 1.29 is 0 Å². The van der Waals surface area contributed by atoms with E-state index in [1.807, 2.05) is 13.8 Å². The number of thiophene rings is 1. The molecule has 1 rings (SSSR count). The molecule has 0 saturated carbocycles. The normalized spacial score (nSPS) is 12.9. The minimum absolute atomic E-state index is 0.0536. The Bertz CT molecular complexity index is 330. The van der Waals surface area contributed by atoms with Crippen LogP contribution in [0.3, 0.4) is 0 Å². The van der Waals surface area contributed by atoms with Crippen molar-refractivity contribution in [2.75, 3.05) is 0 Å². The van der Waals surface area contributed by atoms with E-state index in [2.05, 4.69) is 12.0 Å². The van der Waals surface area contributed by atoms with Crippen molar-refractivity contribution in [2.24, 2.45) is 5.73 Å². The van der Waals surface area contributed by atoms with Gasteiger partial charge in [0.25, 0.3) is 0 Å². The summed E-state index contributed by atoms with van der Waals surface area (Å²) in [7, 11) is 0. The van der Waals surface area contributed by atoms with E-state index in [-0.39, 0.29) is 6.04 Å². The molecular formula is C11H16ClNS.